The van der Waals surface area contributed by atoms with E-state index < -0.39 is 31.4 Å². The summed E-state index contributed by atoms with van der Waals surface area (Å²) < 4.78 is 70.7. The molecule has 0 atom stereocenters. The number of aromatic hydroxyl groups is 1. The standard InChI is InChI=1S/C11H14O/c12-11-7-3-6-10(8-11)9-4-1-2-5-9/h3,6-9,12H,1-2,4-5H2/i1D2,2D2,4D2,5D2,9D. The Labute approximate surface area is 85.7 Å². The molecule has 1 aliphatic carbocycles. The summed E-state index contributed by atoms with van der Waals surface area (Å²) in [6.45, 7) is 0. The van der Waals surface area contributed by atoms with Gasteiger partial charge in [0.15, 0.2) is 0 Å². The van der Waals surface area contributed by atoms with Gasteiger partial charge < -0.3 is 5.11 Å². The van der Waals surface area contributed by atoms with Gasteiger partial charge in [0.1, 0.15) is 5.75 Å². The Bertz CT molecular complexity index is 555. The van der Waals surface area contributed by atoms with Crippen LogP contribution in [-0.2, 0) is 0 Å². The van der Waals surface area contributed by atoms with Gasteiger partial charge in [-0.2, -0.15) is 0 Å². The van der Waals surface area contributed by atoms with Crippen molar-refractivity contribution >= 4 is 0 Å². The molecule has 12 heavy (non-hydrogen) atoms. The topological polar surface area (TPSA) is 20.2 Å². The zero-order valence-corrected chi connectivity index (χ0v) is 6.26. The second-order valence-electron chi connectivity index (χ2n) is 2.43. The van der Waals surface area contributed by atoms with E-state index in [1.807, 2.05) is 0 Å². The molecule has 1 N–H and O–H groups in total. The molecule has 0 aromatic heterocycles. The van der Waals surface area contributed by atoms with E-state index in [9.17, 15) is 5.11 Å². The first-order valence-electron chi connectivity index (χ1n) is 8.04. The lowest BCUT2D eigenvalue weighted by Crippen LogP contribution is -1.90. The first-order chi connectivity index (χ1) is 9.25. The minimum absolute atomic E-state index is 0.317. The maximum atomic E-state index is 9.47. The molecule has 64 valence electrons. The van der Waals surface area contributed by atoms with Crippen LogP contribution < -0.4 is 0 Å². The van der Waals surface area contributed by atoms with Gasteiger partial charge in [0.05, 0.1) is 0 Å². The predicted octanol–water partition coefficient (Wildman–Crippen LogP) is 3.05. The predicted molar refractivity (Wildman–Crippen MR) is 49.3 cm³/mol. The van der Waals surface area contributed by atoms with Crippen LogP contribution in [0.5, 0.6) is 5.75 Å². The third-order valence-electron chi connectivity index (χ3n) is 1.57. The number of hydrogen-bond donors (Lipinski definition) is 1. The SMILES string of the molecule is [2H]C1([2H])C([2H])([2H])C([2H])([2H])C([2H])(c2cccc(O)c2)C1([2H])[2H]. The molecule has 0 heterocycles. The summed E-state index contributed by atoms with van der Waals surface area (Å²) in [6.07, 6.45) is -12.8. The van der Waals surface area contributed by atoms with Crippen molar-refractivity contribution < 1.29 is 17.4 Å². The van der Waals surface area contributed by atoms with Crippen LogP contribution in [-0.4, -0.2) is 5.11 Å². The van der Waals surface area contributed by atoms with Gasteiger partial charge in [-0.3, -0.25) is 0 Å². The molecule has 0 saturated heterocycles. The summed E-state index contributed by atoms with van der Waals surface area (Å²) in [4.78, 5) is 0. The van der Waals surface area contributed by atoms with Gasteiger partial charge in [0, 0.05) is 12.3 Å². The molecule has 1 aromatic rings. The molecule has 1 nitrogen and oxygen atoms in total. The lowest BCUT2D eigenvalue weighted by molar-refractivity contribution is 0.473. The molecule has 0 aliphatic heterocycles. The maximum absolute atomic E-state index is 9.47. The Hall–Kier alpha value is -0.980. The van der Waals surface area contributed by atoms with E-state index in [1.165, 1.54) is 18.2 Å². The molecule has 0 unspecified atom stereocenters. The van der Waals surface area contributed by atoms with E-state index in [4.69, 9.17) is 12.3 Å². The largest absolute Gasteiger partial charge is 0.508 e. The van der Waals surface area contributed by atoms with Crippen LogP contribution >= 0.6 is 0 Å². The highest BCUT2D eigenvalue weighted by Crippen LogP contribution is 2.34. The number of benzene rings is 1. The smallest absolute Gasteiger partial charge is 0.115 e. The van der Waals surface area contributed by atoms with E-state index in [2.05, 4.69) is 0 Å². The molecule has 1 heteroatoms. The first kappa shape index (κ1) is 2.50. The molecule has 0 bridgehead atoms. The van der Waals surface area contributed by atoms with Crippen LogP contribution in [0.3, 0.4) is 0 Å². The van der Waals surface area contributed by atoms with Crippen molar-refractivity contribution in [1.82, 2.24) is 0 Å². The summed E-state index contributed by atoms with van der Waals surface area (Å²) in [5.41, 5.74) is -0.317. The van der Waals surface area contributed by atoms with Gasteiger partial charge in [0.25, 0.3) is 0 Å². The zero-order valence-electron chi connectivity index (χ0n) is 15.3. The summed E-state index contributed by atoms with van der Waals surface area (Å²) in [5.74, 6) is -3.19. The molecule has 1 fully saturated rings. The lowest BCUT2D eigenvalue weighted by atomic mass is 9.98. The fourth-order valence-corrected chi connectivity index (χ4v) is 1.02. The molecule has 1 aliphatic rings. The summed E-state index contributed by atoms with van der Waals surface area (Å²) in [7, 11) is 0. The van der Waals surface area contributed by atoms with Crippen molar-refractivity contribution in [2.45, 2.75) is 31.4 Å². The molecule has 0 amide bonds. The van der Waals surface area contributed by atoms with Crippen molar-refractivity contribution in [2.75, 3.05) is 0 Å². The fourth-order valence-electron chi connectivity index (χ4n) is 1.02. The van der Waals surface area contributed by atoms with E-state index >= 15 is 0 Å². The van der Waals surface area contributed by atoms with Crippen LogP contribution in [0.1, 0.15) is 49.3 Å². The molecular weight excluding hydrogens is 148 g/mol. The molecule has 1 aromatic carbocycles. The number of rotatable bonds is 1. The highest BCUT2D eigenvalue weighted by molar-refractivity contribution is 5.30. The Morgan fingerprint density at radius 3 is 2.83 bits per heavy atom. The van der Waals surface area contributed by atoms with Crippen LogP contribution in [0, 0.1) is 0 Å². The summed E-state index contributed by atoms with van der Waals surface area (Å²) in [5, 5.41) is 9.47. The molecule has 0 spiro atoms. The molecule has 0 radical (unpaired) electrons. The summed E-state index contributed by atoms with van der Waals surface area (Å²) in [6, 6.07) is 4.66. The Balaban J connectivity index is 2.84. The van der Waals surface area contributed by atoms with E-state index in [0.717, 1.165) is 6.07 Å². The Kier molecular flexibility index (Phi) is 0.663. The van der Waals surface area contributed by atoms with Crippen LogP contribution in [0.4, 0.5) is 0 Å². The van der Waals surface area contributed by atoms with Crippen LogP contribution in [0.15, 0.2) is 24.3 Å². The molecule has 2 rings (SSSR count). The fraction of sp³-hybridized carbons (Fsp3) is 0.455. The average molecular weight is 171 g/mol. The highest BCUT2D eigenvalue weighted by atomic mass is 16.3. The first-order valence-corrected chi connectivity index (χ1v) is 3.54. The van der Waals surface area contributed by atoms with Crippen molar-refractivity contribution in [3.8, 4) is 5.75 Å². The van der Waals surface area contributed by atoms with Crippen molar-refractivity contribution in [2.24, 2.45) is 0 Å². The second-order valence-corrected chi connectivity index (χ2v) is 2.43. The van der Waals surface area contributed by atoms with Crippen LogP contribution in [0.2, 0.25) is 0 Å². The third-order valence-corrected chi connectivity index (χ3v) is 1.57. The monoisotopic (exact) mass is 171 g/mol. The number of phenols is 1. The molecule has 1 saturated carbocycles. The van der Waals surface area contributed by atoms with Gasteiger partial charge >= 0.3 is 0 Å². The van der Waals surface area contributed by atoms with E-state index in [1.54, 1.807) is 0 Å². The third kappa shape index (κ3) is 1.45. The van der Waals surface area contributed by atoms with Crippen LogP contribution in [0.25, 0.3) is 0 Å². The summed E-state index contributed by atoms with van der Waals surface area (Å²) >= 11 is 0. The van der Waals surface area contributed by atoms with Crippen molar-refractivity contribution in [3.05, 3.63) is 29.8 Å². The lowest BCUT2D eigenvalue weighted by Gasteiger charge is -2.08. The Morgan fingerprint density at radius 1 is 1.42 bits per heavy atom. The normalized spacial score (nSPS) is 48.8. The Morgan fingerprint density at radius 2 is 2.17 bits per heavy atom. The van der Waals surface area contributed by atoms with Gasteiger partial charge in [-0.1, -0.05) is 24.9 Å². The minimum Gasteiger partial charge on any atom is -0.508 e. The number of hydrogen-bond acceptors (Lipinski definition) is 1. The van der Waals surface area contributed by atoms with Gasteiger partial charge in [-0.25, -0.2) is 0 Å². The highest BCUT2D eigenvalue weighted by Gasteiger charge is 2.16. The maximum Gasteiger partial charge on any atom is 0.115 e. The number of phenolic OH excluding ortho intramolecular Hbond substituents is 1. The minimum atomic E-state index is -3.23. The molecular formula is C11H14O. The van der Waals surface area contributed by atoms with E-state index in [-0.39, 0.29) is 11.3 Å². The second kappa shape index (κ2) is 3.18. The van der Waals surface area contributed by atoms with Gasteiger partial charge in [-0.05, 0) is 36.3 Å². The average Bonchev–Trinajstić information content (AvgIpc) is 2.40. The van der Waals surface area contributed by atoms with E-state index in [0.29, 0.717) is 0 Å². The zero-order chi connectivity index (χ0) is 16.5. The van der Waals surface area contributed by atoms with Gasteiger partial charge in [-0.15, -0.1) is 0 Å². The quantitative estimate of drug-likeness (QED) is 0.688. The van der Waals surface area contributed by atoms with Crippen molar-refractivity contribution in [1.29, 1.82) is 0 Å². The van der Waals surface area contributed by atoms with Gasteiger partial charge in [0.2, 0.25) is 0 Å². The van der Waals surface area contributed by atoms with Crippen molar-refractivity contribution in [3.63, 3.8) is 0 Å².